The minimum Gasteiger partial charge on any atom is -0.379 e. The first-order valence-corrected chi connectivity index (χ1v) is 4.69. The first kappa shape index (κ1) is 6.95. The molecule has 3 heteroatoms. The van der Waals surface area contributed by atoms with E-state index in [2.05, 4.69) is 12.2 Å². The largest absolute Gasteiger partial charge is 0.379 e. The lowest BCUT2D eigenvalue weighted by Gasteiger charge is -2.19. The Labute approximate surface area is 65.7 Å². The average molecular weight is 159 g/mol. The van der Waals surface area contributed by atoms with Crippen molar-refractivity contribution >= 4 is 11.8 Å². The predicted molar refractivity (Wildman–Crippen MR) is 43.2 cm³/mol. The number of hydrogen-bond donors (Lipinski definition) is 1. The quantitative estimate of drug-likeness (QED) is 0.565. The zero-order valence-electron chi connectivity index (χ0n) is 6.22. The first-order valence-electron chi connectivity index (χ1n) is 3.81. The maximum atomic E-state index is 5.35. The molecule has 0 bridgehead atoms. The van der Waals surface area contributed by atoms with E-state index in [0.717, 1.165) is 25.0 Å². The smallest absolute Gasteiger partial charge is 0.0907 e. The molecule has 2 atom stereocenters. The van der Waals surface area contributed by atoms with Crippen LogP contribution in [0.2, 0.25) is 0 Å². The Hall–Kier alpha value is 0.270. The van der Waals surface area contributed by atoms with Crippen molar-refractivity contribution in [3.05, 3.63) is 0 Å². The van der Waals surface area contributed by atoms with Crippen LogP contribution in [0.3, 0.4) is 0 Å². The minimum atomic E-state index is 0.305. The molecule has 0 aliphatic carbocycles. The SMILES string of the molecule is CC1CNC2(CCOC2)S1. The molecule has 0 aromatic carbocycles. The van der Waals surface area contributed by atoms with Crippen LogP contribution in [0.1, 0.15) is 13.3 Å². The van der Waals surface area contributed by atoms with E-state index in [1.165, 1.54) is 6.42 Å². The third-order valence-electron chi connectivity index (χ3n) is 2.12. The molecule has 0 radical (unpaired) electrons. The summed E-state index contributed by atoms with van der Waals surface area (Å²) in [6, 6.07) is 0. The predicted octanol–water partition coefficient (Wildman–Crippen LogP) is 0.828. The van der Waals surface area contributed by atoms with E-state index in [4.69, 9.17) is 4.74 Å². The number of hydrogen-bond acceptors (Lipinski definition) is 3. The van der Waals surface area contributed by atoms with Crippen molar-refractivity contribution in [1.29, 1.82) is 0 Å². The van der Waals surface area contributed by atoms with Gasteiger partial charge >= 0.3 is 0 Å². The summed E-state index contributed by atoms with van der Waals surface area (Å²) in [5.41, 5.74) is 0. The Morgan fingerprint density at radius 2 is 2.60 bits per heavy atom. The van der Waals surface area contributed by atoms with E-state index in [-0.39, 0.29) is 0 Å². The van der Waals surface area contributed by atoms with Crippen LogP contribution in [-0.4, -0.2) is 29.9 Å². The number of ether oxygens (including phenoxy) is 1. The van der Waals surface area contributed by atoms with Gasteiger partial charge in [-0.3, -0.25) is 5.32 Å². The zero-order chi connectivity index (χ0) is 7.03. The molecule has 2 heterocycles. The van der Waals surface area contributed by atoms with Gasteiger partial charge < -0.3 is 4.74 Å². The fraction of sp³-hybridized carbons (Fsp3) is 1.00. The van der Waals surface area contributed by atoms with Crippen molar-refractivity contribution in [2.75, 3.05) is 19.8 Å². The lowest BCUT2D eigenvalue weighted by atomic mass is 10.2. The molecule has 2 aliphatic heterocycles. The van der Waals surface area contributed by atoms with E-state index < -0.39 is 0 Å². The summed E-state index contributed by atoms with van der Waals surface area (Å²) in [6.45, 7) is 5.26. The van der Waals surface area contributed by atoms with Crippen molar-refractivity contribution < 1.29 is 4.74 Å². The lowest BCUT2D eigenvalue weighted by Crippen LogP contribution is -2.37. The molecule has 0 saturated carbocycles. The van der Waals surface area contributed by atoms with Gasteiger partial charge in [0.15, 0.2) is 0 Å². The maximum absolute atomic E-state index is 5.35. The van der Waals surface area contributed by atoms with E-state index in [0.29, 0.717) is 4.87 Å². The van der Waals surface area contributed by atoms with Gasteiger partial charge in [0.2, 0.25) is 0 Å². The Kier molecular flexibility index (Phi) is 1.66. The van der Waals surface area contributed by atoms with Crippen molar-refractivity contribution in [2.45, 2.75) is 23.5 Å². The zero-order valence-corrected chi connectivity index (χ0v) is 7.04. The molecule has 0 aromatic rings. The van der Waals surface area contributed by atoms with Gasteiger partial charge in [0, 0.05) is 24.8 Å². The lowest BCUT2D eigenvalue weighted by molar-refractivity contribution is 0.187. The standard InChI is InChI=1S/C7H13NOS/c1-6-4-8-7(10-6)2-3-9-5-7/h6,8H,2-5H2,1H3. The van der Waals surface area contributed by atoms with Crippen LogP contribution in [0.15, 0.2) is 0 Å². The molecule has 2 rings (SSSR count). The summed E-state index contributed by atoms with van der Waals surface area (Å²) in [5.74, 6) is 0. The third kappa shape index (κ3) is 1.06. The van der Waals surface area contributed by atoms with Crippen molar-refractivity contribution in [1.82, 2.24) is 5.32 Å². The van der Waals surface area contributed by atoms with Gasteiger partial charge in [-0.1, -0.05) is 6.92 Å². The van der Waals surface area contributed by atoms with Gasteiger partial charge in [-0.25, -0.2) is 0 Å². The van der Waals surface area contributed by atoms with E-state index in [1.807, 2.05) is 11.8 Å². The summed E-state index contributed by atoms with van der Waals surface area (Å²) in [4.78, 5) is 0.305. The van der Waals surface area contributed by atoms with Crippen molar-refractivity contribution in [3.63, 3.8) is 0 Å². The van der Waals surface area contributed by atoms with Crippen LogP contribution in [0.4, 0.5) is 0 Å². The molecule has 1 spiro atoms. The van der Waals surface area contributed by atoms with Gasteiger partial charge in [-0.15, -0.1) is 11.8 Å². The fourth-order valence-corrected chi connectivity index (χ4v) is 3.03. The first-order chi connectivity index (χ1) is 4.81. The van der Waals surface area contributed by atoms with Crippen LogP contribution in [0.5, 0.6) is 0 Å². The highest BCUT2D eigenvalue weighted by Crippen LogP contribution is 2.38. The second kappa shape index (κ2) is 2.40. The highest BCUT2D eigenvalue weighted by atomic mass is 32.2. The molecule has 2 aliphatic rings. The highest BCUT2D eigenvalue weighted by Gasteiger charge is 2.40. The normalized spacial score (nSPS) is 47.1. The summed E-state index contributed by atoms with van der Waals surface area (Å²) < 4.78 is 5.35. The number of thioether (sulfide) groups is 1. The van der Waals surface area contributed by atoms with E-state index in [1.54, 1.807) is 0 Å². The maximum Gasteiger partial charge on any atom is 0.0907 e. The van der Waals surface area contributed by atoms with Crippen molar-refractivity contribution in [2.24, 2.45) is 0 Å². The number of rotatable bonds is 0. The summed E-state index contributed by atoms with van der Waals surface area (Å²) in [5, 5.41) is 4.29. The molecular weight excluding hydrogens is 146 g/mol. The fourth-order valence-electron chi connectivity index (χ4n) is 1.58. The van der Waals surface area contributed by atoms with Crippen LogP contribution in [-0.2, 0) is 4.74 Å². The summed E-state index contributed by atoms with van der Waals surface area (Å²) >= 11 is 2.04. The molecule has 2 saturated heterocycles. The van der Waals surface area contributed by atoms with E-state index >= 15 is 0 Å². The minimum absolute atomic E-state index is 0.305. The molecule has 10 heavy (non-hydrogen) atoms. The van der Waals surface area contributed by atoms with Crippen LogP contribution < -0.4 is 5.32 Å². The van der Waals surface area contributed by atoms with Gasteiger partial charge in [-0.05, 0) is 0 Å². The van der Waals surface area contributed by atoms with Crippen LogP contribution in [0.25, 0.3) is 0 Å². The van der Waals surface area contributed by atoms with Gasteiger partial charge in [0.1, 0.15) is 0 Å². The molecule has 2 fully saturated rings. The molecule has 58 valence electrons. The monoisotopic (exact) mass is 159 g/mol. The van der Waals surface area contributed by atoms with Gasteiger partial charge in [-0.2, -0.15) is 0 Å². The van der Waals surface area contributed by atoms with Crippen LogP contribution in [0, 0.1) is 0 Å². The third-order valence-corrected chi connectivity index (χ3v) is 3.61. The Balaban J connectivity index is 2.03. The second-order valence-electron chi connectivity index (χ2n) is 3.11. The average Bonchev–Trinajstić information content (AvgIpc) is 2.46. The molecule has 2 nitrogen and oxygen atoms in total. The topological polar surface area (TPSA) is 21.3 Å². The van der Waals surface area contributed by atoms with Crippen molar-refractivity contribution in [3.8, 4) is 0 Å². The highest BCUT2D eigenvalue weighted by molar-refractivity contribution is 8.01. The molecule has 2 unspecified atom stereocenters. The van der Waals surface area contributed by atoms with E-state index in [9.17, 15) is 0 Å². The van der Waals surface area contributed by atoms with Gasteiger partial charge in [0.05, 0.1) is 11.5 Å². The molecule has 1 N–H and O–H groups in total. The summed E-state index contributed by atoms with van der Waals surface area (Å²) in [7, 11) is 0. The second-order valence-corrected chi connectivity index (χ2v) is 4.93. The molecular formula is C7H13NOS. The Bertz CT molecular complexity index is 134. The number of nitrogens with one attached hydrogen (secondary N) is 1. The Morgan fingerprint density at radius 3 is 3.10 bits per heavy atom. The Morgan fingerprint density at radius 1 is 1.70 bits per heavy atom. The molecule has 0 aromatic heterocycles. The van der Waals surface area contributed by atoms with Crippen LogP contribution >= 0.6 is 11.8 Å². The summed E-state index contributed by atoms with van der Waals surface area (Å²) in [6.07, 6.45) is 1.18. The van der Waals surface area contributed by atoms with Gasteiger partial charge in [0.25, 0.3) is 0 Å². The molecule has 0 amide bonds.